The molecule has 0 bridgehead atoms. The summed E-state index contributed by atoms with van der Waals surface area (Å²) in [6, 6.07) is 9.49. The lowest BCUT2D eigenvalue weighted by Crippen LogP contribution is -2.46. The van der Waals surface area contributed by atoms with Gasteiger partial charge in [0.15, 0.2) is 5.71 Å². The van der Waals surface area contributed by atoms with E-state index >= 15 is 0 Å². The zero-order valence-corrected chi connectivity index (χ0v) is 12.4. The molecule has 4 nitrogen and oxygen atoms in total. The van der Waals surface area contributed by atoms with E-state index in [-0.39, 0.29) is 6.61 Å². The Morgan fingerprint density at radius 1 is 1.48 bits per heavy atom. The molecule has 0 fully saturated rings. The van der Waals surface area contributed by atoms with E-state index in [1.807, 2.05) is 30.3 Å². The molecule has 112 valence electrons. The number of esters is 1. The molecule has 0 aromatic heterocycles. The number of allylic oxidation sites excluding steroid dienone is 1. The maximum Gasteiger partial charge on any atom is 0.379 e. The topological polar surface area (TPSA) is 52.4 Å². The number of hydrogen-bond donors (Lipinski definition) is 0. The lowest BCUT2D eigenvalue weighted by molar-refractivity contribution is -0.527. The zero-order valence-electron chi connectivity index (χ0n) is 12.4. The highest BCUT2D eigenvalue weighted by molar-refractivity contribution is 5.99. The van der Waals surface area contributed by atoms with Gasteiger partial charge in [-0.15, -0.1) is 6.58 Å². The minimum atomic E-state index is -1.10. The van der Waals surface area contributed by atoms with Crippen LogP contribution in [-0.2, 0) is 9.53 Å². The molecule has 0 saturated heterocycles. The average Bonchev–Trinajstić information content (AvgIpc) is 2.84. The van der Waals surface area contributed by atoms with Gasteiger partial charge in [-0.1, -0.05) is 24.3 Å². The van der Waals surface area contributed by atoms with Crippen molar-refractivity contribution in [1.29, 1.82) is 0 Å². The third kappa shape index (κ3) is 2.84. The molecule has 1 aromatic rings. The van der Waals surface area contributed by atoms with Crippen molar-refractivity contribution in [2.24, 2.45) is 0 Å². The minimum absolute atomic E-state index is 0.281. The quantitative estimate of drug-likeness (QED) is 0.350. The van der Waals surface area contributed by atoms with E-state index in [4.69, 9.17) is 4.74 Å². The molecule has 1 heterocycles. The van der Waals surface area contributed by atoms with Crippen molar-refractivity contribution in [3.05, 3.63) is 53.8 Å². The fourth-order valence-electron chi connectivity index (χ4n) is 2.80. The molecule has 1 aromatic carbocycles. The van der Waals surface area contributed by atoms with E-state index in [2.05, 4.69) is 6.58 Å². The van der Waals surface area contributed by atoms with Crippen molar-refractivity contribution in [2.45, 2.75) is 38.1 Å². The monoisotopic (exact) mass is 287 g/mol. The number of hydroxylamine groups is 1. The number of rotatable bonds is 6. The van der Waals surface area contributed by atoms with Crippen molar-refractivity contribution >= 4 is 11.7 Å². The smallest absolute Gasteiger partial charge is 0.379 e. The molecular formula is C17H21NO3. The maximum atomic E-state index is 12.8. The molecule has 0 spiro atoms. The largest absolute Gasteiger partial charge is 0.623 e. The summed E-state index contributed by atoms with van der Waals surface area (Å²) in [5.74, 6) is -0.423. The highest BCUT2D eigenvalue weighted by Crippen LogP contribution is 2.33. The van der Waals surface area contributed by atoms with Crippen LogP contribution in [0.5, 0.6) is 0 Å². The highest BCUT2D eigenvalue weighted by Gasteiger charge is 2.53. The van der Waals surface area contributed by atoms with Crippen LogP contribution >= 0.6 is 0 Å². The second kappa shape index (κ2) is 6.57. The fraction of sp³-hybridized carbons (Fsp3) is 0.412. The van der Waals surface area contributed by atoms with Crippen LogP contribution in [0, 0.1) is 5.21 Å². The van der Waals surface area contributed by atoms with Crippen LogP contribution in [0.4, 0.5) is 0 Å². The number of carbonyl (C=O) groups is 1. The van der Waals surface area contributed by atoms with Gasteiger partial charge in [-0.05, 0) is 25.5 Å². The Balaban J connectivity index is 2.40. The number of benzene rings is 1. The third-order valence-electron chi connectivity index (χ3n) is 3.93. The van der Waals surface area contributed by atoms with E-state index in [1.165, 1.54) is 0 Å². The molecule has 0 saturated carbocycles. The maximum absolute atomic E-state index is 12.8. The SMILES string of the molecule is C=CCCC1(C(=O)OCC)CCC(c2ccccc2)=[N+]1[O-]. The van der Waals surface area contributed by atoms with Crippen LogP contribution in [0.1, 0.15) is 38.2 Å². The lowest BCUT2D eigenvalue weighted by atomic mass is 9.90. The number of nitrogens with zero attached hydrogens (tertiary/aromatic N) is 1. The van der Waals surface area contributed by atoms with Crippen molar-refractivity contribution in [3.63, 3.8) is 0 Å². The summed E-state index contributed by atoms with van der Waals surface area (Å²) in [5.41, 5.74) is 0.431. The highest BCUT2D eigenvalue weighted by atomic mass is 16.5. The van der Waals surface area contributed by atoms with Gasteiger partial charge < -0.3 is 9.94 Å². The number of ether oxygens (including phenoxy) is 1. The Labute approximate surface area is 125 Å². The van der Waals surface area contributed by atoms with Crippen molar-refractivity contribution < 1.29 is 14.3 Å². The molecule has 21 heavy (non-hydrogen) atoms. The van der Waals surface area contributed by atoms with Crippen molar-refractivity contribution in [2.75, 3.05) is 6.61 Å². The van der Waals surface area contributed by atoms with Gasteiger partial charge in [-0.25, -0.2) is 4.79 Å². The molecule has 0 amide bonds. The average molecular weight is 287 g/mol. The first-order chi connectivity index (χ1) is 10.2. The molecule has 0 N–H and O–H groups in total. The first-order valence-electron chi connectivity index (χ1n) is 7.32. The third-order valence-corrected chi connectivity index (χ3v) is 3.93. The fourth-order valence-corrected chi connectivity index (χ4v) is 2.80. The summed E-state index contributed by atoms with van der Waals surface area (Å²) in [4.78, 5) is 12.3. The van der Waals surface area contributed by atoms with Gasteiger partial charge in [-0.2, -0.15) is 4.74 Å². The van der Waals surface area contributed by atoms with Crippen LogP contribution in [0.15, 0.2) is 43.0 Å². The van der Waals surface area contributed by atoms with Crippen LogP contribution in [0.25, 0.3) is 0 Å². The molecule has 1 unspecified atom stereocenters. The van der Waals surface area contributed by atoms with Crippen molar-refractivity contribution in [3.8, 4) is 0 Å². The second-order valence-corrected chi connectivity index (χ2v) is 5.19. The second-order valence-electron chi connectivity index (χ2n) is 5.19. The summed E-state index contributed by atoms with van der Waals surface area (Å²) in [6.45, 7) is 5.72. The van der Waals surface area contributed by atoms with E-state index in [1.54, 1.807) is 13.0 Å². The summed E-state index contributed by atoms with van der Waals surface area (Å²) in [5, 5.41) is 12.8. The molecule has 0 aliphatic carbocycles. The molecular weight excluding hydrogens is 266 g/mol. The predicted molar refractivity (Wildman–Crippen MR) is 82.2 cm³/mol. The Morgan fingerprint density at radius 3 is 2.81 bits per heavy atom. The first-order valence-corrected chi connectivity index (χ1v) is 7.32. The van der Waals surface area contributed by atoms with Gasteiger partial charge in [0.25, 0.3) is 5.54 Å². The molecule has 1 atom stereocenters. The van der Waals surface area contributed by atoms with Crippen LogP contribution in [0.3, 0.4) is 0 Å². The normalized spacial score (nSPS) is 21.4. The van der Waals surface area contributed by atoms with Crippen LogP contribution in [0.2, 0.25) is 0 Å². The number of carbonyl (C=O) groups excluding carboxylic acids is 1. The summed E-state index contributed by atoms with van der Waals surface area (Å²) >= 11 is 0. The van der Waals surface area contributed by atoms with E-state index in [9.17, 15) is 10.0 Å². The summed E-state index contributed by atoms with van der Waals surface area (Å²) < 4.78 is 6.03. The van der Waals surface area contributed by atoms with E-state index < -0.39 is 11.5 Å². The van der Waals surface area contributed by atoms with Gasteiger partial charge in [0.2, 0.25) is 0 Å². The van der Waals surface area contributed by atoms with E-state index in [0.717, 1.165) is 10.3 Å². The van der Waals surface area contributed by atoms with Gasteiger partial charge in [0.05, 0.1) is 6.61 Å². The molecule has 1 aliphatic heterocycles. The Hall–Kier alpha value is -2.10. The Morgan fingerprint density at radius 2 is 2.19 bits per heavy atom. The van der Waals surface area contributed by atoms with E-state index in [0.29, 0.717) is 31.4 Å². The first kappa shape index (κ1) is 15.3. The molecule has 2 rings (SSSR count). The number of hydrogen-bond acceptors (Lipinski definition) is 3. The van der Waals surface area contributed by atoms with Crippen LogP contribution < -0.4 is 0 Å². The zero-order chi connectivity index (χ0) is 15.3. The summed E-state index contributed by atoms with van der Waals surface area (Å²) in [7, 11) is 0. The molecule has 4 heteroatoms. The lowest BCUT2D eigenvalue weighted by Gasteiger charge is -2.25. The molecule has 0 radical (unpaired) electrons. The van der Waals surface area contributed by atoms with Crippen molar-refractivity contribution in [1.82, 2.24) is 0 Å². The van der Waals surface area contributed by atoms with Gasteiger partial charge in [0.1, 0.15) is 0 Å². The Bertz CT molecular complexity index is 550. The Kier molecular flexibility index (Phi) is 4.78. The predicted octanol–water partition coefficient (Wildman–Crippen LogP) is 3.05. The standard InChI is InChI=1S/C17H21NO3/c1-3-5-12-17(16(19)21-4-2)13-11-15(18(17)20)14-9-7-6-8-10-14/h3,6-10H,1,4-5,11-13H2,2H3. The van der Waals surface area contributed by atoms with Gasteiger partial charge in [0, 0.05) is 24.8 Å². The minimum Gasteiger partial charge on any atom is -0.623 e. The van der Waals surface area contributed by atoms with Gasteiger partial charge >= 0.3 is 5.97 Å². The molecule has 1 aliphatic rings. The van der Waals surface area contributed by atoms with Gasteiger partial charge in [-0.3, -0.25) is 0 Å². The van der Waals surface area contributed by atoms with Crippen LogP contribution in [-0.4, -0.2) is 28.6 Å². The summed E-state index contributed by atoms with van der Waals surface area (Å²) in [6.07, 6.45) is 3.86.